The normalized spacial score (nSPS) is 14.1. The summed E-state index contributed by atoms with van der Waals surface area (Å²) in [5.74, 6) is 0. The Morgan fingerprint density at radius 1 is 1.36 bits per heavy atom. The van der Waals surface area contributed by atoms with E-state index in [1.165, 1.54) is 0 Å². The maximum absolute atomic E-state index is 8.57. The van der Waals surface area contributed by atoms with Crippen molar-refractivity contribution in [3.8, 4) is 0 Å². The standard InChI is InChI=1S/C9H12O2/c10-6-7-11-8-9-4-2-1-3-5-9/h1-5,10H,6-8H2/i6D/t6-/m0/s1. The van der Waals surface area contributed by atoms with Gasteiger partial charge in [0.1, 0.15) is 0 Å². The van der Waals surface area contributed by atoms with E-state index in [-0.39, 0.29) is 6.61 Å². The van der Waals surface area contributed by atoms with Gasteiger partial charge < -0.3 is 9.84 Å². The minimum absolute atomic E-state index is 0.0644. The molecule has 0 heterocycles. The number of benzene rings is 1. The Hall–Kier alpha value is -0.860. The van der Waals surface area contributed by atoms with Crippen LogP contribution in [0, 0.1) is 0 Å². The van der Waals surface area contributed by atoms with E-state index in [1.807, 2.05) is 30.3 Å². The van der Waals surface area contributed by atoms with Crippen molar-refractivity contribution in [3.63, 3.8) is 0 Å². The number of rotatable bonds is 4. The van der Waals surface area contributed by atoms with Crippen LogP contribution in [0.15, 0.2) is 30.3 Å². The second kappa shape index (κ2) is 4.88. The van der Waals surface area contributed by atoms with Crippen LogP contribution in [0.4, 0.5) is 0 Å². The van der Waals surface area contributed by atoms with Gasteiger partial charge in [-0.3, -0.25) is 0 Å². The molecule has 0 spiro atoms. The van der Waals surface area contributed by atoms with Crippen LogP contribution in [0.25, 0.3) is 0 Å². The average molecular weight is 153 g/mol. The van der Waals surface area contributed by atoms with Crippen LogP contribution in [0.2, 0.25) is 0 Å². The molecular weight excluding hydrogens is 140 g/mol. The van der Waals surface area contributed by atoms with E-state index in [4.69, 9.17) is 11.2 Å². The van der Waals surface area contributed by atoms with E-state index in [9.17, 15) is 0 Å². The highest BCUT2D eigenvalue weighted by Crippen LogP contribution is 1.99. The Balaban J connectivity index is 2.25. The number of aliphatic hydroxyl groups excluding tert-OH is 1. The van der Waals surface area contributed by atoms with Gasteiger partial charge in [-0.2, -0.15) is 0 Å². The Bertz CT molecular complexity index is 211. The largest absolute Gasteiger partial charge is 0.394 e. The molecule has 0 saturated heterocycles. The van der Waals surface area contributed by atoms with Crippen molar-refractivity contribution < 1.29 is 11.2 Å². The predicted octanol–water partition coefficient (Wildman–Crippen LogP) is 1.20. The summed E-state index contributed by atoms with van der Waals surface area (Å²) in [6.45, 7) is -0.611. The maximum Gasteiger partial charge on any atom is 0.0718 e. The SMILES string of the molecule is [2H][C@H](O)COCc1ccccc1. The zero-order valence-electron chi connectivity index (χ0n) is 7.23. The first-order chi connectivity index (χ1) is 5.79. The molecule has 1 rings (SSSR count). The Morgan fingerprint density at radius 2 is 2.09 bits per heavy atom. The van der Waals surface area contributed by atoms with E-state index in [0.717, 1.165) is 5.56 Å². The molecule has 1 aromatic rings. The second-order valence-electron chi connectivity index (χ2n) is 2.18. The summed E-state index contributed by atoms with van der Waals surface area (Å²) in [7, 11) is 0. The van der Waals surface area contributed by atoms with Gasteiger partial charge in [-0.25, -0.2) is 0 Å². The minimum Gasteiger partial charge on any atom is -0.394 e. The molecule has 0 radical (unpaired) electrons. The van der Waals surface area contributed by atoms with Crippen molar-refractivity contribution in [3.05, 3.63) is 35.9 Å². The fourth-order valence-corrected chi connectivity index (χ4v) is 0.804. The molecule has 0 aliphatic carbocycles. The lowest BCUT2D eigenvalue weighted by Crippen LogP contribution is -1.98. The Labute approximate surface area is 67.8 Å². The summed E-state index contributed by atoms with van der Waals surface area (Å²) >= 11 is 0. The van der Waals surface area contributed by atoms with E-state index < -0.39 is 6.58 Å². The summed E-state index contributed by atoms with van der Waals surface area (Å²) in [6.07, 6.45) is 0. The van der Waals surface area contributed by atoms with Crippen molar-refractivity contribution in [2.75, 3.05) is 13.2 Å². The van der Waals surface area contributed by atoms with Crippen molar-refractivity contribution in [2.45, 2.75) is 6.61 Å². The van der Waals surface area contributed by atoms with Crippen molar-refractivity contribution in [2.24, 2.45) is 0 Å². The summed E-state index contributed by atoms with van der Waals surface area (Å²) in [4.78, 5) is 0. The van der Waals surface area contributed by atoms with Crippen LogP contribution in [-0.4, -0.2) is 18.3 Å². The molecule has 2 nitrogen and oxygen atoms in total. The third kappa shape index (κ3) is 3.16. The molecule has 60 valence electrons. The lowest BCUT2D eigenvalue weighted by atomic mass is 10.2. The third-order valence-corrected chi connectivity index (χ3v) is 1.30. The van der Waals surface area contributed by atoms with Gasteiger partial charge in [-0.1, -0.05) is 30.3 Å². The fourth-order valence-electron chi connectivity index (χ4n) is 0.804. The van der Waals surface area contributed by atoms with E-state index in [1.54, 1.807) is 0 Å². The van der Waals surface area contributed by atoms with Crippen LogP contribution in [0.1, 0.15) is 6.93 Å². The molecule has 1 atom stereocenters. The smallest absolute Gasteiger partial charge is 0.0718 e. The van der Waals surface area contributed by atoms with Gasteiger partial charge in [0.2, 0.25) is 0 Å². The molecule has 0 aliphatic rings. The number of aliphatic hydroxyl groups is 1. The van der Waals surface area contributed by atoms with Crippen LogP contribution < -0.4 is 0 Å². The topological polar surface area (TPSA) is 29.5 Å². The Kier molecular flexibility index (Phi) is 3.03. The van der Waals surface area contributed by atoms with Gasteiger partial charge in [0.25, 0.3) is 0 Å². The molecular formula is C9H12O2. The van der Waals surface area contributed by atoms with E-state index >= 15 is 0 Å². The number of hydrogen-bond donors (Lipinski definition) is 1. The monoisotopic (exact) mass is 153 g/mol. The zero-order chi connectivity index (χ0) is 8.81. The third-order valence-electron chi connectivity index (χ3n) is 1.30. The van der Waals surface area contributed by atoms with E-state index in [0.29, 0.717) is 6.61 Å². The van der Waals surface area contributed by atoms with Gasteiger partial charge >= 0.3 is 0 Å². The molecule has 0 aliphatic heterocycles. The number of hydrogen-bond acceptors (Lipinski definition) is 2. The molecule has 1 N–H and O–H groups in total. The first kappa shape index (κ1) is 6.83. The summed E-state index contributed by atoms with van der Waals surface area (Å²) in [5.41, 5.74) is 1.05. The highest BCUT2D eigenvalue weighted by molar-refractivity contribution is 5.13. The van der Waals surface area contributed by atoms with Gasteiger partial charge in [0, 0.05) is 0 Å². The zero-order valence-corrected chi connectivity index (χ0v) is 6.23. The van der Waals surface area contributed by atoms with Gasteiger partial charge in [-0.05, 0) is 5.56 Å². The lowest BCUT2D eigenvalue weighted by Gasteiger charge is -2.00. The lowest BCUT2D eigenvalue weighted by molar-refractivity contribution is 0.0815. The highest BCUT2D eigenvalue weighted by Gasteiger charge is 1.88. The van der Waals surface area contributed by atoms with Crippen LogP contribution in [-0.2, 0) is 11.3 Å². The van der Waals surface area contributed by atoms with Crippen LogP contribution >= 0.6 is 0 Å². The summed E-state index contributed by atoms with van der Waals surface area (Å²) < 4.78 is 11.8. The summed E-state index contributed by atoms with van der Waals surface area (Å²) in [6, 6.07) is 9.67. The molecule has 11 heavy (non-hydrogen) atoms. The summed E-state index contributed by atoms with van der Waals surface area (Å²) in [5, 5.41) is 8.57. The first-order valence-electron chi connectivity index (χ1n) is 4.09. The van der Waals surface area contributed by atoms with Crippen LogP contribution in [0.3, 0.4) is 0 Å². The van der Waals surface area contributed by atoms with Gasteiger partial charge in [-0.15, -0.1) is 0 Å². The van der Waals surface area contributed by atoms with E-state index in [2.05, 4.69) is 0 Å². The quantitative estimate of drug-likeness (QED) is 0.704. The molecule has 1 aromatic carbocycles. The molecule has 0 bridgehead atoms. The second-order valence-corrected chi connectivity index (χ2v) is 2.18. The van der Waals surface area contributed by atoms with Crippen LogP contribution in [0.5, 0.6) is 0 Å². The molecule has 0 amide bonds. The molecule has 0 saturated carbocycles. The predicted molar refractivity (Wildman–Crippen MR) is 43.2 cm³/mol. The molecule has 0 fully saturated rings. The fraction of sp³-hybridized carbons (Fsp3) is 0.333. The van der Waals surface area contributed by atoms with Crippen molar-refractivity contribution in [1.29, 1.82) is 0 Å². The van der Waals surface area contributed by atoms with Gasteiger partial charge in [0.05, 0.1) is 21.2 Å². The minimum atomic E-state index is -1.13. The molecule has 0 unspecified atom stereocenters. The van der Waals surface area contributed by atoms with Crippen molar-refractivity contribution >= 4 is 0 Å². The Morgan fingerprint density at radius 3 is 2.73 bits per heavy atom. The first-order valence-corrected chi connectivity index (χ1v) is 3.51. The molecule has 2 heteroatoms. The number of ether oxygens (including phenoxy) is 1. The van der Waals surface area contributed by atoms with Gasteiger partial charge in [0.15, 0.2) is 0 Å². The maximum atomic E-state index is 8.57. The van der Waals surface area contributed by atoms with Crippen molar-refractivity contribution in [1.82, 2.24) is 0 Å². The highest BCUT2D eigenvalue weighted by atomic mass is 16.5. The molecule has 0 aromatic heterocycles. The average Bonchev–Trinajstić information content (AvgIpc) is 2.05.